The molecule has 1 aliphatic rings. The van der Waals surface area contributed by atoms with Crippen molar-refractivity contribution in [2.24, 2.45) is 11.7 Å². The number of carbonyl (C=O) groups is 3. The molecule has 16 heteroatoms. The summed E-state index contributed by atoms with van der Waals surface area (Å²) in [6.45, 7) is 2.43. The normalized spacial score (nSPS) is 20.9. The molecule has 1 saturated heterocycles. The molecule has 0 amide bonds. The van der Waals surface area contributed by atoms with E-state index in [2.05, 4.69) is 18.4 Å². The Kier molecular flexibility index (Phi) is 32.8. The van der Waals surface area contributed by atoms with Gasteiger partial charge in [0.25, 0.3) is 0 Å². The minimum Gasteiger partial charge on any atom is -0.480 e. The van der Waals surface area contributed by atoms with Crippen molar-refractivity contribution in [2.75, 3.05) is 19.8 Å². The smallest absolute Gasteiger partial charge is 0.472 e. The lowest BCUT2D eigenvalue weighted by Crippen LogP contribution is -2.43. The fourth-order valence-electron chi connectivity index (χ4n) is 6.81. The lowest BCUT2D eigenvalue weighted by atomic mass is 9.87. The maximum Gasteiger partial charge on any atom is 0.472 e. The minimum atomic E-state index is -4.79. The lowest BCUT2D eigenvalue weighted by Gasteiger charge is -2.36. The SMILES string of the molecule is CCCCCCCCCCCCCCCCCC(=O)OCC(COP(=O)(O)OCC(N)C(=O)O)OC(=O)CCC/C=C\CC1C(O)CC(O)OC1/C=C/C(O)CCCCC. The molecular formula is C44H80NO14P. The van der Waals surface area contributed by atoms with Crippen LogP contribution >= 0.6 is 7.82 Å². The van der Waals surface area contributed by atoms with Gasteiger partial charge in [-0.15, -0.1) is 0 Å². The van der Waals surface area contributed by atoms with Crippen molar-refractivity contribution in [2.45, 2.75) is 211 Å². The zero-order chi connectivity index (χ0) is 44.4. The second-order valence-electron chi connectivity index (χ2n) is 16.1. The summed E-state index contributed by atoms with van der Waals surface area (Å²) >= 11 is 0. The van der Waals surface area contributed by atoms with Crippen LogP contribution in [-0.2, 0) is 42.2 Å². The highest BCUT2D eigenvalue weighted by Gasteiger charge is 2.35. The molecule has 1 heterocycles. The summed E-state index contributed by atoms with van der Waals surface area (Å²) in [6.07, 6.45) is 25.7. The number of carbonyl (C=O) groups excluding carboxylic acids is 2. The second-order valence-corrected chi connectivity index (χ2v) is 17.5. The molecular weight excluding hydrogens is 797 g/mol. The number of hydrogen-bond donors (Lipinski definition) is 6. The first-order valence-corrected chi connectivity index (χ1v) is 24.3. The largest absolute Gasteiger partial charge is 0.480 e. The summed E-state index contributed by atoms with van der Waals surface area (Å²) in [5, 5.41) is 39.9. The number of phosphoric ester groups is 1. The van der Waals surface area contributed by atoms with Gasteiger partial charge >= 0.3 is 25.7 Å². The Labute approximate surface area is 359 Å². The summed E-state index contributed by atoms with van der Waals surface area (Å²) in [6, 6.07) is -1.57. The van der Waals surface area contributed by atoms with Crippen molar-refractivity contribution in [3.8, 4) is 0 Å². The van der Waals surface area contributed by atoms with E-state index in [1.807, 2.05) is 12.2 Å². The van der Waals surface area contributed by atoms with E-state index in [1.165, 1.54) is 70.6 Å². The van der Waals surface area contributed by atoms with Gasteiger partial charge in [-0.05, 0) is 32.1 Å². The Morgan fingerprint density at radius 3 is 1.92 bits per heavy atom. The van der Waals surface area contributed by atoms with Gasteiger partial charge in [-0.1, -0.05) is 147 Å². The van der Waals surface area contributed by atoms with Gasteiger partial charge in [0.15, 0.2) is 12.4 Å². The van der Waals surface area contributed by atoms with E-state index >= 15 is 0 Å². The van der Waals surface area contributed by atoms with E-state index in [9.17, 15) is 39.2 Å². The van der Waals surface area contributed by atoms with Crippen molar-refractivity contribution in [3.63, 3.8) is 0 Å². The molecule has 350 valence electrons. The third kappa shape index (κ3) is 29.9. The number of carboxylic acids is 1. The van der Waals surface area contributed by atoms with Crippen molar-refractivity contribution >= 4 is 25.7 Å². The van der Waals surface area contributed by atoms with Crippen LogP contribution < -0.4 is 5.73 Å². The highest BCUT2D eigenvalue weighted by molar-refractivity contribution is 7.47. The predicted octanol–water partition coefficient (Wildman–Crippen LogP) is 7.95. The number of allylic oxidation sites excluding steroid dienone is 2. The number of phosphoric acid groups is 1. The standard InChI is InChI=1S/C44H80NO14P/c1-3-5-7-8-9-10-11-12-13-14-15-16-17-18-23-27-41(48)55-32-36(33-56-60(53,54)57-34-38(45)44(51)52)58-42(49)28-24-20-19-22-26-37-39(47)31-43(50)59-40(37)30-29-35(46)25-21-6-4-2/h19,22,29-30,35-40,43,46-47,50H,3-18,20-21,23-28,31-34,45H2,1-2H3,(H,51,52)(H,53,54)/b22-19-,30-29+. The highest BCUT2D eigenvalue weighted by Crippen LogP contribution is 2.43. The van der Waals surface area contributed by atoms with Crippen molar-refractivity contribution in [3.05, 3.63) is 24.3 Å². The number of unbranched alkanes of at least 4 members (excludes halogenated alkanes) is 17. The average Bonchev–Trinajstić information content (AvgIpc) is 3.20. The van der Waals surface area contributed by atoms with E-state index in [4.69, 9.17) is 29.6 Å². The maximum absolute atomic E-state index is 12.8. The van der Waals surface area contributed by atoms with Gasteiger partial charge < -0.3 is 45.3 Å². The lowest BCUT2D eigenvalue weighted by molar-refractivity contribution is -0.199. The van der Waals surface area contributed by atoms with Crippen molar-refractivity contribution in [1.82, 2.24) is 0 Å². The Morgan fingerprint density at radius 1 is 0.767 bits per heavy atom. The van der Waals surface area contributed by atoms with Crippen molar-refractivity contribution < 1.29 is 67.5 Å². The molecule has 0 bridgehead atoms. The van der Waals surface area contributed by atoms with Gasteiger partial charge in [0.1, 0.15) is 12.6 Å². The Bertz CT molecular complexity index is 1240. The molecule has 8 unspecified atom stereocenters. The minimum absolute atomic E-state index is 0.0305. The highest BCUT2D eigenvalue weighted by atomic mass is 31.2. The Hall–Kier alpha value is -2.20. The number of aliphatic carboxylic acids is 1. The van der Waals surface area contributed by atoms with E-state index < -0.39 is 82.3 Å². The molecule has 0 aromatic carbocycles. The van der Waals surface area contributed by atoms with E-state index in [-0.39, 0.29) is 25.2 Å². The van der Waals surface area contributed by atoms with E-state index in [1.54, 1.807) is 12.2 Å². The summed E-state index contributed by atoms with van der Waals surface area (Å²) in [4.78, 5) is 46.2. The molecule has 1 rings (SSSR count). The first-order chi connectivity index (χ1) is 28.8. The molecule has 0 spiro atoms. The zero-order valence-corrected chi connectivity index (χ0v) is 37.5. The predicted molar refractivity (Wildman–Crippen MR) is 230 cm³/mol. The van der Waals surface area contributed by atoms with E-state index in [0.717, 1.165) is 38.5 Å². The van der Waals surface area contributed by atoms with Gasteiger partial charge in [0.05, 0.1) is 31.5 Å². The van der Waals surface area contributed by atoms with E-state index in [0.29, 0.717) is 32.1 Å². The van der Waals surface area contributed by atoms with Crippen LogP contribution in [-0.4, -0.2) is 99.8 Å². The van der Waals surface area contributed by atoms with Crippen LogP contribution in [0.5, 0.6) is 0 Å². The maximum atomic E-state index is 12.8. The monoisotopic (exact) mass is 878 g/mol. The fourth-order valence-corrected chi connectivity index (χ4v) is 7.59. The molecule has 8 atom stereocenters. The van der Waals surface area contributed by atoms with Gasteiger partial charge in [-0.2, -0.15) is 0 Å². The first kappa shape index (κ1) is 55.8. The zero-order valence-electron chi connectivity index (χ0n) is 36.6. The quantitative estimate of drug-likeness (QED) is 0.0149. The van der Waals surface area contributed by atoms with Crippen LogP contribution in [0.25, 0.3) is 0 Å². The van der Waals surface area contributed by atoms with Crippen LogP contribution in [0, 0.1) is 5.92 Å². The summed E-state index contributed by atoms with van der Waals surface area (Å²) < 4.78 is 38.4. The molecule has 7 N–H and O–H groups in total. The Balaban J connectivity index is 2.52. The molecule has 0 radical (unpaired) electrons. The van der Waals surface area contributed by atoms with Crippen LogP contribution in [0.1, 0.15) is 174 Å². The number of esters is 2. The molecule has 0 aromatic rings. The topological polar surface area (TPSA) is 242 Å². The number of rotatable bonds is 38. The second kappa shape index (κ2) is 35.3. The molecule has 1 aliphatic heterocycles. The first-order valence-electron chi connectivity index (χ1n) is 22.8. The van der Waals surface area contributed by atoms with Gasteiger partial charge in [0.2, 0.25) is 0 Å². The number of aliphatic hydroxyl groups is 3. The molecule has 0 saturated carbocycles. The summed E-state index contributed by atoms with van der Waals surface area (Å²) in [5.74, 6) is -2.95. The summed E-state index contributed by atoms with van der Waals surface area (Å²) in [7, 11) is -4.79. The van der Waals surface area contributed by atoms with Crippen LogP contribution in [0.3, 0.4) is 0 Å². The summed E-state index contributed by atoms with van der Waals surface area (Å²) in [5.41, 5.74) is 5.33. The molecule has 60 heavy (non-hydrogen) atoms. The Morgan fingerprint density at radius 2 is 1.32 bits per heavy atom. The average molecular weight is 878 g/mol. The van der Waals surface area contributed by atoms with Gasteiger partial charge in [-0.3, -0.25) is 23.4 Å². The molecule has 0 aromatic heterocycles. The third-order valence-corrected chi connectivity index (χ3v) is 11.4. The van der Waals surface area contributed by atoms with Crippen LogP contribution in [0.4, 0.5) is 0 Å². The number of hydrogen-bond acceptors (Lipinski definition) is 13. The van der Waals surface area contributed by atoms with Crippen molar-refractivity contribution in [1.29, 1.82) is 0 Å². The fraction of sp³-hybridized carbons (Fsp3) is 0.841. The molecule has 1 fully saturated rings. The number of ether oxygens (including phenoxy) is 3. The van der Waals surface area contributed by atoms with Gasteiger partial charge in [-0.25, -0.2) is 4.57 Å². The number of aliphatic hydroxyl groups excluding tert-OH is 3. The van der Waals surface area contributed by atoms with Crippen LogP contribution in [0.2, 0.25) is 0 Å². The number of carboxylic acid groups (broad SMARTS) is 1. The molecule has 15 nitrogen and oxygen atoms in total. The number of nitrogens with two attached hydrogens (primary N) is 1. The third-order valence-electron chi connectivity index (χ3n) is 10.5. The van der Waals surface area contributed by atoms with Gasteiger partial charge in [0, 0.05) is 25.2 Å². The van der Waals surface area contributed by atoms with Crippen LogP contribution in [0.15, 0.2) is 24.3 Å². The molecule has 0 aliphatic carbocycles.